The Morgan fingerprint density at radius 3 is 2.07 bits per heavy atom. The van der Waals surface area contributed by atoms with Crippen molar-refractivity contribution in [2.75, 3.05) is 23.7 Å². The second kappa shape index (κ2) is 16.1. The zero-order valence-corrected chi connectivity index (χ0v) is 26.2. The Hall–Kier alpha value is -3.65. The van der Waals surface area contributed by atoms with Crippen LogP contribution in [0.5, 0.6) is 0 Å². The predicted molar refractivity (Wildman–Crippen MR) is 171 cm³/mol. The van der Waals surface area contributed by atoms with Crippen molar-refractivity contribution in [3.05, 3.63) is 101 Å². The van der Waals surface area contributed by atoms with Gasteiger partial charge in [-0.25, -0.2) is 8.42 Å². The summed E-state index contributed by atoms with van der Waals surface area (Å²) >= 11 is 0. The summed E-state index contributed by atoms with van der Waals surface area (Å²) < 4.78 is 26.7. The number of unbranched alkanes of at least 4 members (excludes halogenated alkanes) is 1. The van der Waals surface area contributed by atoms with Crippen LogP contribution in [0.2, 0.25) is 0 Å². The molecule has 0 fully saturated rings. The number of rotatable bonds is 16. The van der Waals surface area contributed by atoms with E-state index in [-0.39, 0.29) is 31.3 Å². The lowest BCUT2D eigenvalue weighted by Crippen LogP contribution is -2.50. The molecular formula is C34H45N3O4S. The van der Waals surface area contributed by atoms with Crippen LogP contribution in [0.15, 0.2) is 78.9 Å². The van der Waals surface area contributed by atoms with Gasteiger partial charge in [-0.1, -0.05) is 92.6 Å². The van der Waals surface area contributed by atoms with E-state index in [0.717, 1.165) is 41.5 Å². The van der Waals surface area contributed by atoms with Gasteiger partial charge in [0.2, 0.25) is 21.8 Å². The van der Waals surface area contributed by atoms with Gasteiger partial charge < -0.3 is 10.2 Å². The fourth-order valence-corrected chi connectivity index (χ4v) is 5.82. The molecule has 1 N–H and O–H groups in total. The molecule has 8 heteroatoms. The number of nitrogens with one attached hydrogen (secondary N) is 1. The van der Waals surface area contributed by atoms with Crippen molar-refractivity contribution in [2.45, 2.75) is 71.9 Å². The molecular weight excluding hydrogens is 546 g/mol. The van der Waals surface area contributed by atoms with Gasteiger partial charge in [0.05, 0.1) is 11.9 Å². The largest absolute Gasteiger partial charge is 0.354 e. The number of benzene rings is 3. The van der Waals surface area contributed by atoms with E-state index in [9.17, 15) is 18.0 Å². The highest BCUT2D eigenvalue weighted by atomic mass is 32.2. The quantitative estimate of drug-likeness (QED) is 0.218. The Morgan fingerprint density at radius 1 is 0.833 bits per heavy atom. The summed E-state index contributed by atoms with van der Waals surface area (Å²) in [5.41, 5.74) is 4.71. The molecule has 42 heavy (non-hydrogen) atoms. The zero-order chi connectivity index (χ0) is 30.5. The van der Waals surface area contributed by atoms with Crippen LogP contribution in [-0.4, -0.2) is 50.5 Å². The highest BCUT2D eigenvalue weighted by Gasteiger charge is 2.30. The van der Waals surface area contributed by atoms with Crippen molar-refractivity contribution in [3.8, 4) is 0 Å². The average molecular weight is 592 g/mol. The summed E-state index contributed by atoms with van der Waals surface area (Å²) in [5, 5.41) is 3.04. The zero-order valence-electron chi connectivity index (χ0n) is 25.4. The molecule has 1 atom stereocenters. The molecule has 0 aliphatic rings. The molecule has 0 heterocycles. The number of aryl methyl sites for hydroxylation is 2. The number of sulfonamides is 1. The molecule has 0 bridgehead atoms. The lowest BCUT2D eigenvalue weighted by Gasteiger charge is -2.32. The minimum Gasteiger partial charge on any atom is -0.354 e. The second-order valence-corrected chi connectivity index (χ2v) is 12.7. The molecule has 2 amide bonds. The van der Waals surface area contributed by atoms with E-state index < -0.39 is 16.1 Å². The molecule has 3 aromatic rings. The first-order valence-corrected chi connectivity index (χ1v) is 16.7. The second-order valence-electron chi connectivity index (χ2n) is 10.8. The predicted octanol–water partition coefficient (Wildman–Crippen LogP) is 5.66. The molecule has 0 unspecified atom stereocenters. The molecule has 3 aromatic carbocycles. The fraction of sp³-hybridized carbons (Fsp3) is 0.412. The van der Waals surface area contributed by atoms with Crippen molar-refractivity contribution < 1.29 is 18.0 Å². The molecule has 7 nitrogen and oxygen atoms in total. The van der Waals surface area contributed by atoms with Gasteiger partial charge in [-0.15, -0.1) is 0 Å². The van der Waals surface area contributed by atoms with Crippen molar-refractivity contribution in [1.82, 2.24) is 10.2 Å². The van der Waals surface area contributed by atoms with Crippen LogP contribution in [0.25, 0.3) is 0 Å². The molecule has 3 rings (SSSR count). The van der Waals surface area contributed by atoms with Crippen molar-refractivity contribution in [3.63, 3.8) is 0 Å². The third-order valence-corrected chi connectivity index (χ3v) is 8.55. The highest BCUT2D eigenvalue weighted by Crippen LogP contribution is 2.21. The highest BCUT2D eigenvalue weighted by molar-refractivity contribution is 7.92. The SMILES string of the molecule is CCCCNC(=O)[C@H](Cc1ccccc1)N(Cc1ccc(C)cc1)C(=O)CCCN(c1ccc(CC)cc1)S(C)(=O)=O. The Morgan fingerprint density at radius 2 is 1.48 bits per heavy atom. The van der Waals surface area contributed by atoms with Gasteiger partial charge >= 0.3 is 0 Å². The Balaban J connectivity index is 1.85. The van der Waals surface area contributed by atoms with Crippen LogP contribution in [0.4, 0.5) is 5.69 Å². The molecule has 0 aliphatic heterocycles. The van der Waals surface area contributed by atoms with E-state index in [1.807, 2.05) is 92.7 Å². The molecule has 0 aliphatic carbocycles. The molecule has 226 valence electrons. The summed E-state index contributed by atoms with van der Waals surface area (Å²) in [6.45, 7) is 7.13. The van der Waals surface area contributed by atoms with Gasteiger partial charge in [-0.3, -0.25) is 13.9 Å². The lowest BCUT2D eigenvalue weighted by molar-refractivity contribution is -0.141. The van der Waals surface area contributed by atoms with Crippen LogP contribution in [-0.2, 0) is 39.0 Å². The molecule has 0 saturated heterocycles. The van der Waals surface area contributed by atoms with Gasteiger partial charge in [-0.2, -0.15) is 0 Å². The number of carbonyl (C=O) groups is 2. The fourth-order valence-electron chi connectivity index (χ4n) is 4.85. The normalized spacial score (nSPS) is 12.0. The molecule has 0 radical (unpaired) electrons. The molecule has 0 aromatic heterocycles. The standard InChI is InChI=1S/C34H45N3O4S/c1-5-7-23-35-34(39)32(25-29-12-9-8-10-13-29)36(26-30-17-15-27(3)16-18-30)33(38)14-11-24-37(42(4,40)41)31-21-19-28(6-2)20-22-31/h8-10,12-13,15-22,32H,5-7,11,14,23-26H2,1-4H3,(H,35,39)/t32-/m0/s1. The third-order valence-electron chi connectivity index (χ3n) is 7.36. The number of carbonyl (C=O) groups excluding carboxylic acids is 2. The third kappa shape index (κ3) is 10.0. The van der Waals surface area contributed by atoms with Crippen LogP contribution in [0, 0.1) is 6.92 Å². The van der Waals surface area contributed by atoms with E-state index in [1.165, 1.54) is 10.6 Å². The maximum absolute atomic E-state index is 13.9. The summed E-state index contributed by atoms with van der Waals surface area (Å²) in [4.78, 5) is 29.1. The van der Waals surface area contributed by atoms with Crippen molar-refractivity contribution in [1.29, 1.82) is 0 Å². The van der Waals surface area contributed by atoms with Gasteiger partial charge in [0, 0.05) is 32.5 Å². The maximum atomic E-state index is 13.9. The number of nitrogens with zero attached hydrogens (tertiary/aromatic N) is 2. The summed E-state index contributed by atoms with van der Waals surface area (Å²) in [6, 6.07) is 24.4. The van der Waals surface area contributed by atoms with Gasteiger partial charge in [0.25, 0.3) is 0 Å². The summed E-state index contributed by atoms with van der Waals surface area (Å²) in [7, 11) is -3.55. The average Bonchev–Trinajstić information content (AvgIpc) is 2.98. The van der Waals surface area contributed by atoms with Crippen molar-refractivity contribution in [2.24, 2.45) is 0 Å². The van der Waals surface area contributed by atoms with Crippen LogP contribution >= 0.6 is 0 Å². The Labute approximate surface area is 252 Å². The van der Waals surface area contributed by atoms with E-state index in [2.05, 4.69) is 12.2 Å². The number of hydrogen-bond acceptors (Lipinski definition) is 4. The van der Waals surface area contributed by atoms with Gasteiger partial charge in [0.15, 0.2) is 0 Å². The van der Waals surface area contributed by atoms with E-state index in [0.29, 0.717) is 25.1 Å². The minimum atomic E-state index is -3.55. The van der Waals surface area contributed by atoms with Gasteiger partial charge in [0.1, 0.15) is 6.04 Å². The first kappa shape index (κ1) is 32.9. The van der Waals surface area contributed by atoms with Crippen molar-refractivity contribution >= 4 is 27.5 Å². The van der Waals surface area contributed by atoms with Crippen LogP contribution in [0.1, 0.15) is 61.8 Å². The van der Waals surface area contributed by atoms with Crippen LogP contribution in [0.3, 0.4) is 0 Å². The lowest BCUT2D eigenvalue weighted by atomic mass is 10.0. The van der Waals surface area contributed by atoms with Crippen LogP contribution < -0.4 is 9.62 Å². The smallest absolute Gasteiger partial charge is 0.243 e. The first-order valence-electron chi connectivity index (χ1n) is 14.9. The summed E-state index contributed by atoms with van der Waals surface area (Å²) in [6.07, 6.45) is 4.67. The van der Waals surface area contributed by atoms with Gasteiger partial charge in [-0.05, 0) is 55.0 Å². The first-order chi connectivity index (χ1) is 20.1. The number of hydrogen-bond donors (Lipinski definition) is 1. The number of amides is 2. The summed E-state index contributed by atoms with van der Waals surface area (Å²) in [5.74, 6) is -0.363. The van der Waals surface area contributed by atoms with E-state index >= 15 is 0 Å². The topological polar surface area (TPSA) is 86.8 Å². The molecule has 0 saturated carbocycles. The Kier molecular flexibility index (Phi) is 12.6. The monoisotopic (exact) mass is 591 g/mol. The van der Waals surface area contributed by atoms with E-state index in [1.54, 1.807) is 4.90 Å². The maximum Gasteiger partial charge on any atom is 0.243 e. The minimum absolute atomic E-state index is 0.110. The molecule has 0 spiro atoms. The Bertz CT molecular complexity index is 1370. The van der Waals surface area contributed by atoms with E-state index in [4.69, 9.17) is 0 Å². The number of anilines is 1.